The molecule has 0 spiro atoms. The maximum atomic E-state index is 12.6. The number of nitrogens with zero attached hydrogens (tertiary/aromatic N) is 2. The summed E-state index contributed by atoms with van der Waals surface area (Å²) in [4.78, 5) is 28.2. The van der Waals surface area contributed by atoms with Gasteiger partial charge in [0.05, 0.1) is 11.8 Å². The van der Waals surface area contributed by atoms with Crippen molar-refractivity contribution in [2.75, 3.05) is 26.2 Å². The molecular formula is C16H14BrClN2O3. The molecule has 7 heteroatoms. The zero-order valence-corrected chi connectivity index (χ0v) is 14.5. The number of amides is 2. The van der Waals surface area contributed by atoms with E-state index in [1.54, 1.807) is 40.1 Å². The van der Waals surface area contributed by atoms with Crippen LogP contribution in [0.1, 0.15) is 20.9 Å². The number of hydrogen-bond acceptors (Lipinski definition) is 3. The quantitative estimate of drug-likeness (QED) is 0.781. The van der Waals surface area contributed by atoms with Crippen LogP contribution >= 0.6 is 27.5 Å². The summed E-state index contributed by atoms with van der Waals surface area (Å²) >= 11 is 9.34. The van der Waals surface area contributed by atoms with Crippen LogP contribution in [0.2, 0.25) is 5.02 Å². The Morgan fingerprint density at radius 1 is 1.04 bits per heavy atom. The predicted molar refractivity (Wildman–Crippen MR) is 89.7 cm³/mol. The summed E-state index contributed by atoms with van der Waals surface area (Å²) in [6.45, 7) is 1.90. The maximum absolute atomic E-state index is 12.6. The van der Waals surface area contributed by atoms with Gasteiger partial charge in [-0.3, -0.25) is 9.59 Å². The summed E-state index contributed by atoms with van der Waals surface area (Å²) in [5, 5.41) is 0.517. The fraction of sp³-hybridized carbons (Fsp3) is 0.250. The van der Waals surface area contributed by atoms with E-state index < -0.39 is 0 Å². The molecule has 2 amide bonds. The lowest BCUT2D eigenvalue weighted by Gasteiger charge is -2.34. The van der Waals surface area contributed by atoms with Crippen molar-refractivity contribution in [2.45, 2.75) is 0 Å². The summed E-state index contributed by atoms with van der Waals surface area (Å²) in [5.74, 6) is 0.0814. The fourth-order valence-corrected chi connectivity index (χ4v) is 3.09. The molecule has 23 heavy (non-hydrogen) atoms. The van der Waals surface area contributed by atoms with E-state index in [0.717, 1.165) is 0 Å². The molecule has 0 saturated carbocycles. The Morgan fingerprint density at radius 3 is 2.30 bits per heavy atom. The van der Waals surface area contributed by atoms with Gasteiger partial charge in [-0.2, -0.15) is 0 Å². The minimum Gasteiger partial charge on any atom is -0.459 e. The lowest BCUT2D eigenvalue weighted by Crippen LogP contribution is -2.50. The van der Waals surface area contributed by atoms with Crippen molar-refractivity contribution in [3.8, 4) is 0 Å². The van der Waals surface area contributed by atoms with Gasteiger partial charge in [-0.1, -0.05) is 11.6 Å². The number of carbonyl (C=O) groups excluding carboxylic acids is 2. The molecule has 1 saturated heterocycles. The number of rotatable bonds is 2. The van der Waals surface area contributed by atoms with Crippen molar-refractivity contribution in [3.63, 3.8) is 0 Å². The van der Waals surface area contributed by atoms with Gasteiger partial charge in [0.15, 0.2) is 5.76 Å². The standard InChI is InChI=1S/C16H14BrClN2O3/c17-13-4-3-11(18)10-12(13)15(21)19-5-7-20(8-6-19)16(22)14-2-1-9-23-14/h1-4,9-10H,5-8H2. The normalized spacial score (nSPS) is 14.9. The van der Waals surface area contributed by atoms with Crippen molar-refractivity contribution in [2.24, 2.45) is 0 Å². The van der Waals surface area contributed by atoms with Crippen LogP contribution in [-0.2, 0) is 0 Å². The van der Waals surface area contributed by atoms with Gasteiger partial charge in [0, 0.05) is 35.7 Å². The highest BCUT2D eigenvalue weighted by atomic mass is 79.9. The third-order valence-corrected chi connectivity index (χ3v) is 4.67. The molecule has 0 bridgehead atoms. The Hall–Kier alpha value is -1.79. The first-order valence-corrected chi connectivity index (χ1v) is 8.30. The summed E-state index contributed by atoms with van der Waals surface area (Å²) < 4.78 is 5.84. The molecule has 1 aliphatic heterocycles. The van der Waals surface area contributed by atoms with Crippen LogP contribution in [0.4, 0.5) is 0 Å². The second-order valence-electron chi connectivity index (χ2n) is 5.19. The van der Waals surface area contributed by atoms with Gasteiger partial charge in [0.2, 0.25) is 0 Å². The lowest BCUT2D eigenvalue weighted by atomic mass is 10.2. The van der Waals surface area contributed by atoms with E-state index in [0.29, 0.717) is 47.0 Å². The lowest BCUT2D eigenvalue weighted by molar-refractivity contribution is 0.0517. The molecule has 1 aromatic heterocycles. The molecular weight excluding hydrogens is 384 g/mol. The van der Waals surface area contributed by atoms with E-state index in [1.165, 1.54) is 6.26 Å². The van der Waals surface area contributed by atoms with Gasteiger partial charge in [-0.15, -0.1) is 0 Å². The molecule has 1 aromatic carbocycles. The second-order valence-corrected chi connectivity index (χ2v) is 6.48. The highest BCUT2D eigenvalue weighted by Crippen LogP contribution is 2.23. The van der Waals surface area contributed by atoms with Crippen LogP contribution in [0.25, 0.3) is 0 Å². The fourth-order valence-electron chi connectivity index (χ4n) is 2.50. The number of piperazine rings is 1. The molecule has 0 unspecified atom stereocenters. The third-order valence-electron chi connectivity index (χ3n) is 3.74. The molecule has 120 valence electrons. The van der Waals surface area contributed by atoms with Crippen LogP contribution in [0, 0.1) is 0 Å². The first-order chi connectivity index (χ1) is 11.1. The molecule has 3 rings (SSSR count). The minimum atomic E-state index is -0.147. The summed E-state index contributed by atoms with van der Waals surface area (Å²) in [5.41, 5.74) is 0.531. The number of benzene rings is 1. The van der Waals surface area contributed by atoms with Crippen LogP contribution < -0.4 is 0 Å². The first-order valence-electron chi connectivity index (χ1n) is 7.13. The largest absolute Gasteiger partial charge is 0.459 e. The SMILES string of the molecule is O=C(c1ccco1)N1CCN(C(=O)c2cc(Cl)ccc2Br)CC1. The molecule has 0 radical (unpaired) electrons. The Labute approximate surface area is 146 Å². The zero-order valence-electron chi connectivity index (χ0n) is 12.2. The number of furan rings is 1. The van der Waals surface area contributed by atoms with E-state index >= 15 is 0 Å². The minimum absolute atomic E-state index is 0.0931. The maximum Gasteiger partial charge on any atom is 0.289 e. The van der Waals surface area contributed by atoms with Crippen LogP contribution in [0.3, 0.4) is 0 Å². The van der Waals surface area contributed by atoms with Crippen LogP contribution in [-0.4, -0.2) is 47.8 Å². The van der Waals surface area contributed by atoms with Crippen LogP contribution in [0.15, 0.2) is 45.5 Å². The van der Waals surface area contributed by atoms with Gasteiger partial charge >= 0.3 is 0 Å². The summed E-state index contributed by atoms with van der Waals surface area (Å²) in [6, 6.07) is 8.45. The smallest absolute Gasteiger partial charge is 0.289 e. The van der Waals surface area contributed by atoms with Gasteiger partial charge in [-0.25, -0.2) is 0 Å². The summed E-state index contributed by atoms with van der Waals surface area (Å²) in [6.07, 6.45) is 1.48. The van der Waals surface area contributed by atoms with Crippen molar-refractivity contribution >= 4 is 39.3 Å². The summed E-state index contributed by atoms with van der Waals surface area (Å²) in [7, 11) is 0. The Bertz CT molecular complexity index is 725. The van der Waals surface area contributed by atoms with Crippen molar-refractivity contribution in [1.29, 1.82) is 0 Å². The number of hydrogen-bond donors (Lipinski definition) is 0. The van der Waals surface area contributed by atoms with E-state index in [-0.39, 0.29) is 11.8 Å². The van der Waals surface area contributed by atoms with Crippen molar-refractivity contribution in [1.82, 2.24) is 9.80 Å². The van der Waals surface area contributed by atoms with Gasteiger partial charge in [0.1, 0.15) is 0 Å². The Kier molecular flexibility index (Phi) is 4.73. The Balaban J connectivity index is 1.66. The topological polar surface area (TPSA) is 53.8 Å². The first kappa shape index (κ1) is 16.1. The molecule has 0 aliphatic carbocycles. The molecule has 1 aliphatic rings. The predicted octanol–water partition coefficient (Wildman–Crippen LogP) is 3.29. The second kappa shape index (κ2) is 6.76. The van der Waals surface area contributed by atoms with E-state index in [2.05, 4.69) is 15.9 Å². The van der Waals surface area contributed by atoms with E-state index in [4.69, 9.17) is 16.0 Å². The van der Waals surface area contributed by atoms with Gasteiger partial charge in [-0.05, 0) is 46.3 Å². The van der Waals surface area contributed by atoms with E-state index in [1.807, 2.05) is 0 Å². The molecule has 0 N–H and O–H groups in total. The van der Waals surface area contributed by atoms with Crippen molar-refractivity contribution < 1.29 is 14.0 Å². The average Bonchev–Trinajstić information content (AvgIpc) is 3.10. The highest BCUT2D eigenvalue weighted by Gasteiger charge is 2.27. The van der Waals surface area contributed by atoms with E-state index in [9.17, 15) is 9.59 Å². The number of halogens is 2. The molecule has 1 fully saturated rings. The van der Waals surface area contributed by atoms with Gasteiger partial charge < -0.3 is 14.2 Å². The third kappa shape index (κ3) is 3.43. The monoisotopic (exact) mass is 396 g/mol. The highest BCUT2D eigenvalue weighted by molar-refractivity contribution is 9.10. The van der Waals surface area contributed by atoms with Gasteiger partial charge in [0.25, 0.3) is 11.8 Å². The van der Waals surface area contributed by atoms with Crippen molar-refractivity contribution in [3.05, 3.63) is 57.4 Å². The molecule has 5 nitrogen and oxygen atoms in total. The molecule has 0 atom stereocenters. The molecule has 2 heterocycles. The average molecular weight is 398 g/mol. The zero-order chi connectivity index (χ0) is 16.4. The molecule has 2 aromatic rings. The number of carbonyl (C=O) groups is 2. The van der Waals surface area contributed by atoms with Crippen LogP contribution in [0.5, 0.6) is 0 Å². The Morgan fingerprint density at radius 2 is 1.70 bits per heavy atom.